The minimum absolute atomic E-state index is 0.102. The zero-order chi connectivity index (χ0) is 14.7. The molecule has 2 rings (SSSR count). The van der Waals surface area contributed by atoms with Crippen LogP contribution in [0.2, 0.25) is 0 Å². The number of hydrogen-bond donors (Lipinski definition) is 1. The number of primary amides is 1. The van der Waals surface area contributed by atoms with Crippen molar-refractivity contribution in [2.24, 2.45) is 5.73 Å². The average Bonchev–Trinajstić information content (AvgIpc) is 2.72. The summed E-state index contributed by atoms with van der Waals surface area (Å²) in [5.74, 6) is -0.661. The Morgan fingerprint density at radius 2 is 1.85 bits per heavy atom. The summed E-state index contributed by atoms with van der Waals surface area (Å²) in [6, 6.07) is 9.30. The van der Waals surface area contributed by atoms with Gasteiger partial charge < -0.3 is 5.73 Å². The van der Waals surface area contributed by atoms with Crippen molar-refractivity contribution in [2.45, 2.75) is 33.2 Å². The minimum Gasteiger partial charge on any atom is -0.365 e. The highest BCUT2D eigenvalue weighted by Gasteiger charge is 2.22. The molecule has 0 aliphatic carbocycles. The standard InChI is InChI=1S/C15H19N3O2/c1-3-10-17-12(4-2)13(14(16)19)15(20)18(17)11-8-6-5-7-9-11/h5-9H,3-4,10H2,1-2H3,(H2,16,19). The van der Waals surface area contributed by atoms with E-state index in [1.54, 1.807) is 4.68 Å². The summed E-state index contributed by atoms with van der Waals surface area (Å²) in [6.45, 7) is 4.62. The van der Waals surface area contributed by atoms with Crippen molar-refractivity contribution >= 4 is 5.91 Å². The second kappa shape index (κ2) is 5.77. The molecule has 0 saturated carbocycles. The second-order valence-corrected chi connectivity index (χ2v) is 4.62. The van der Waals surface area contributed by atoms with E-state index in [0.717, 1.165) is 12.1 Å². The second-order valence-electron chi connectivity index (χ2n) is 4.62. The molecule has 0 spiro atoms. The molecular formula is C15H19N3O2. The van der Waals surface area contributed by atoms with E-state index >= 15 is 0 Å². The van der Waals surface area contributed by atoms with Crippen molar-refractivity contribution in [1.82, 2.24) is 9.36 Å². The van der Waals surface area contributed by atoms with Crippen LogP contribution < -0.4 is 11.3 Å². The first kappa shape index (κ1) is 14.1. The Balaban J connectivity index is 2.79. The molecule has 20 heavy (non-hydrogen) atoms. The molecule has 0 bridgehead atoms. The quantitative estimate of drug-likeness (QED) is 0.901. The van der Waals surface area contributed by atoms with E-state index in [9.17, 15) is 9.59 Å². The van der Waals surface area contributed by atoms with Crippen molar-refractivity contribution in [3.63, 3.8) is 0 Å². The number of carbonyl (C=O) groups is 1. The van der Waals surface area contributed by atoms with Crippen molar-refractivity contribution < 1.29 is 4.79 Å². The number of nitrogens with two attached hydrogens (primary N) is 1. The van der Waals surface area contributed by atoms with Crippen LogP contribution in [0.1, 0.15) is 36.3 Å². The lowest BCUT2D eigenvalue weighted by Crippen LogP contribution is -2.26. The van der Waals surface area contributed by atoms with E-state index in [2.05, 4.69) is 0 Å². The Bertz CT molecular complexity index is 668. The number of hydrogen-bond acceptors (Lipinski definition) is 2. The highest BCUT2D eigenvalue weighted by Crippen LogP contribution is 2.13. The summed E-state index contributed by atoms with van der Waals surface area (Å²) in [4.78, 5) is 24.1. The molecule has 0 unspecified atom stereocenters. The molecule has 0 aliphatic rings. The zero-order valence-electron chi connectivity index (χ0n) is 11.8. The van der Waals surface area contributed by atoms with Crippen molar-refractivity contribution in [1.29, 1.82) is 0 Å². The maximum atomic E-state index is 12.5. The first-order valence-electron chi connectivity index (χ1n) is 6.81. The zero-order valence-corrected chi connectivity index (χ0v) is 11.8. The molecule has 2 N–H and O–H groups in total. The van der Waals surface area contributed by atoms with E-state index in [-0.39, 0.29) is 11.1 Å². The molecule has 1 aromatic carbocycles. The van der Waals surface area contributed by atoms with Crippen LogP contribution in [0.25, 0.3) is 5.69 Å². The molecule has 106 valence electrons. The monoisotopic (exact) mass is 273 g/mol. The predicted molar refractivity (Wildman–Crippen MR) is 78.2 cm³/mol. The van der Waals surface area contributed by atoms with Gasteiger partial charge in [-0.15, -0.1) is 0 Å². The van der Waals surface area contributed by atoms with Gasteiger partial charge in [0.2, 0.25) is 0 Å². The molecule has 0 atom stereocenters. The Kier molecular flexibility index (Phi) is 4.08. The van der Waals surface area contributed by atoms with Gasteiger partial charge in [-0.25, -0.2) is 4.68 Å². The molecule has 5 heteroatoms. The van der Waals surface area contributed by atoms with Gasteiger partial charge in [-0.2, -0.15) is 0 Å². The highest BCUT2D eigenvalue weighted by molar-refractivity contribution is 5.93. The first-order valence-corrected chi connectivity index (χ1v) is 6.81. The minimum atomic E-state index is -0.661. The van der Waals surface area contributed by atoms with Gasteiger partial charge in [0.1, 0.15) is 5.56 Å². The molecule has 0 aliphatic heterocycles. The van der Waals surface area contributed by atoms with Gasteiger partial charge in [0.15, 0.2) is 0 Å². The van der Waals surface area contributed by atoms with Crippen molar-refractivity contribution in [2.75, 3.05) is 0 Å². The van der Waals surface area contributed by atoms with E-state index in [1.165, 1.54) is 0 Å². The van der Waals surface area contributed by atoms with Crippen LogP contribution in [-0.4, -0.2) is 15.3 Å². The van der Waals surface area contributed by atoms with E-state index in [1.807, 2.05) is 48.9 Å². The van der Waals surface area contributed by atoms with E-state index in [4.69, 9.17) is 5.73 Å². The smallest absolute Gasteiger partial charge is 0.284 e. The predicted octanol–water partition coefficient (Wildman–Crippen LogP) is 1.71. The van der Waals surface area contributed by atoms with Crippen molar-refractivity contribution in [3.8, 4) is 5.69 Å². The summed E-state index contributed by atoms with van der Waals surface area (Å²) < 4.78 is 3.40. The van der Waals surface area contributed by atoms with E-state index < -0.39 is 5.91 Å². The number of benzene rings is 1. The lowest BCUT2D eigenvalue weighted by molar-refractivity contribution is 0.0998. The molecular weight excluding hydrogens is 254 g/mol. The summed E-state index contributed by atoms with van der Waals surface area (Å²) >= 11 is 0. The molecule has 1 heterocycles. The molecule has 2 aromatic rings. The van der Waals surface area contributed by atoms with Gasteiger partial charge >= 0.3 is 0 Å². The topological polar surface area (TPSA) is 70.0 Å². The van der Waals surface area contributed by atoms with Crippen LogP contribution >= 0.6 is 0 Å². The maximum absolute atomic E-state index is 12.5. The number of rotatable bonds is 5. The number of aromatic nitrogens is 2. The Morgan fingerprint density at radius 1 is 1.20 bits per heavy atom. The molecule has 1 amide bonds. The summed E-state index contributed by atoms with van der Waals surface area (Å²) in [5.41, 5.74) is 6.59. The van der Waals surface area contributed by atoms with Gasteiger partial charge in [0.25, 0.3) is 11.5 Å². The normalized spacial score (nSPS) is 10.7. The third kappa shape index (κ3) is 2.27. The largest absolute Gasteiger partial charge is 0.365 e. The molecule has 0 radical (unpaired) electrons. The Labute approximate surface area is 117 Å². The fourth-order valence-electron chi connectivity index (χ4n) is 2.47. The fraction of sp³-hybridized carbons (Fsp3) is 0.333. The number of para-hydroxylation sites is 1. The molecule has 0 fully saturated rings. The highest BCUT2D eigenvalue weighted by atomic mass is 16.2. The molecule has 1 aromatic heterocycles. The number of nitrogens with zero attached hydrogens (tertiary/aromatic N) is 2. The van der Waals surface area contributed by atoms with Crippen LogP contribution in [0.5, 0.6) is 0 Å². The number of carbonyl (C=O) groups excluding carboxylic acids is 1. The van der Waals surface area contributed by atoms with Crippen LogP contribution in [0.15, 0.2) is 35.1 Å². The summed E-state index contributed by atoms with van der Waals surface area (Å²) in [5, 5.41) is 0. The van der Waals surface area contributed by atoms with Gasteiger partial charge in [0.05, 0.1) is 11.4 Å². The Morgan fingerprint density at radius 3 is 2.35 bits per heavy atom. The molecule has 0 saturated heterocycles. The lowest BCUT2D eigenvalue weighted by Gasteiger charge is -2.13. The summed E-state index contributed by atoms with van der Waals surface area (Å²) in [6.07, 6.45) is 1.46. The van der Waals surface area contributed by atoms with Crippen LogP contribution in [0, 0.1) is 0 Å². The van der Waals surface area contributed by atoms with Crippen LogP contribution in [0.4, 0.5) is 0 Å². The van der Waals surface area contributed by atoms with Gasteiger partial charge in [0, 0.05) is 6.54 Å². The maximum Gasteiger partial charge on any atom is 0.284 e. The lowest BCUT2D eigenvalue weighted by atomic mass is 10.2. The van der Waals surface area contributed by atoms with Crippen LogP contribution in [-0.2, 0) is 13.0 Å². The van der Waals surface area contributed by atoms with Crippen molar-refractivity contribution in [3.05, 3.63) is 51.9 Å². The first-order chi connectivity index (χ1) is 9.61. The summed E-state index contributed by atoms with van der Waals surface area (Å²) in [7, 11) is 0. The SMILES string of the molecule is CCCn1c(CC)c(C(N)=O)c(=O)n1-c1ccccc1. The third-order valence-electron chi connectivity index (χ3n) is 3.27. The average molecular weight is 273 g/mol. The molecule has 5 nitrogen and oxygen atoms in total. The van der Waals surface area contributed by atoms with Gasteiger partial charge in [-0.05, 0) is 25.0 Å². The van der Waals surface area contributed by atoms with Gasteiger partial charge in [-0.1, -0.05) is 32.0 Å². The third-order valence-corrected chi connectivity index (χ3v) is 3.27. The van der Waals surface area contributed by atoms with Gasteiger partial charge in [-0.3, -0.25) is 14.3 Å². The van der Waals surface area contributed by atoms with E-state index in [0.29, 0.717) is 18.7 Å². The number of amides is 1. The fourth-order valence-corrected chi connectivity index (χ4v) is 2.47. The van der Waals surface area contributed by atoms with Crippen LogP contribution in [0.3, 0.4) is 0 Å². The Hall–Kier alpha value is -2.30.